The molecule has 0 radical (unpaired) electrons. The van der Waals surface area contributed by atoms with Gasteiger partial charge in [-0.1, -0.05) is 70.8 Å². The molecule has 1 saturated heterocycles. The Morgan fingerprint density at radius 3 is 2.48 bits per heavy atom. The zero-order valence-electron chi connectivity index (χ0n) is 36.6. The molecule has 0 spiro atoms. The molecular weight excluding hydrogens is 777 g/mol. The van der Waals surface area contributed by atoms with Gasteiger partial charge in [0.2, 0.25) is 17.7 Å². The van der Waals surface area contributed by atoms with E-state index < -0.39 is 11.9 Å². The number of rotatable bonds is 16. The molecule has 5 aliphatic rings. The Kier molecular flexibility index (Phi) is 12.8. The molecule has 0 bridgehead atoms. The monoisotopic (exact) mass is 834 g/mol. The fourth-order valence-electron chi connectivity index (χ4n) is 9.65. The number of fused-ring (bicyclic) bond motifs is 3. The fourth-order valence-corrected chi connectivity index (χ4v) is 9.65. The van der Waals surface area contributed by atoms with E-state index in [-0.39, 0.29) is 36.0 Å². The van der Waals surface area contributed by atoms with Crippen molar-refractivity contribution in [3.63, 3.8) is 0 Å². The van der Waals surface area contributed by atoms with Crippen LogP contribution in [0.2, 0.25) is 0 Å². The molecule has 10 nitrogen and oxygen atoms in total. The van der Waals surface area contributed by atoms with Crippen LogP contribution < -0.4 is 20.7 Å². The predicted molar refractivity (Wildman–Crippen MR) is 244 cm³/mol. The minimum Gasteiger partial charge on any atom is -0.493 e. The van der Waals surface area contributed by atoms with Crippen molar-refractivity contribution in [1.82, 2.24) is 10.2 Å². The molecule has 3 aromatic rings. The Labute approximate surface area is 365 Å². The smallest absolute Gasteiger partial charge is 0.255 e. The van der Waals surface area contributed by atoms with E-state index in [4.69, 9.17) is 9.47 Å². The molecule has 62 heavy (non-hydrogen) atoms. The van der Waals surface area contributed by atoms with Gasteiger partial charge in [0.05, 0.1) is 6.61 Å². The number of carbonyl (C=O) groups is 4. The highest BCUT2D eigenvalue weighted by Crippen LogP contribution is 2.52. The zero-order valence-corrected chi connectivity index (χ0v) is 36.6. The summed E-state index contributed by atoms with van der Waals surface area (Å²) in [7, 11) is 0. The van der Waals surface area contributed by atoms with Gasteiger partial charge >= 0.3 is 0 Å². The quantitative estimate of drug-likeness (QED) is 0.0971. The molecule has 0 aromatic heterocycles. The molecule has 8 rings (SSSR count). The number of piperidine rings is 1. The molecule has 3 N–H and O–H groups in total. The molecule has 2 heterocycles. The van der Waals surface area contributed by atoms with E-state index in [0.717, 1.165) is 53.9 Å². The maximum atomic E-state index is 13.8. The molecule has 3 aliphatic carbocycles. The van der Waals surface area contributed by atoms with Crippen molar-refractivity contribution < 1.29 is 28.7 Å². The van der Waals surface area contributed by atoms with E-state index in [1.807, 2.05) is 37.3 Å². The molecule has 3 unspecified atom stereocenters. The molecule has 3 aromatic carbocycles. The number of aryl methyl sites for hydroxylation is 2. The van der Waals surface area contributed by atoms with Crippen LogP contribution >= 0.6 is 0 Å². The van der Waals surface area contributed by atoms with Gasteiger partial charge in [0.25, 0.3) is 5.91 Å². The van der Waals surface area contributed by atoms with Gasteiger partial charge < -0.3 is 25.0 Å². The van der Waals surface area contributed by atoms with E-state index >= 15 is 0 Å². The van der Waals surface area contributed by atoms with Crippen LogP contribution in [-0.4, -0.2) is 60.9 Å². The summed E-state index contributed by atoms with van der Waals surface area (Å²) >= 11 is 0. The first-order chi connectivity index (χ1) is 30.0. The average Bonchev–Trinajstić information content (AvgIpc) is 3.86. The number of anilines is 2. The number of nitrogens with zero attached hydrogens (tertiary/aromatic N) is 1. The zero-order chi connectivity index (χ0) is 43.5. The first-order valence-corrected chi connectivity index (χ1v) is 22.2. The van der Waals surface area contributed by atoms with E-state index in [0.29, 0.717) is 51.3 Å². The van der Waals surface area contributed by atoms with Crippen molar-refractivity contribution in [3.8, 4) is 5.75 Å². The third kappa shape index (κ3) is 8.98. The van der Waals surface area contributed by atoms with Crippen LogP contribution in [0.3, 0.4) is 0 Å². The van der Waals surface area contributed by atoms with Gasteiger partial charge in [-0.15, -0.1) is 0 Å². The topological polar surface area (TPSA) is 126 Å². The van der Waals surface area contributed by atoms with Gasteiger partial charge in [-0.3, -0.25) is 24.5 Å². The van der Waals surface area contributed by atoms with Gasteiger partial charge in [0.1, 0.15) is 11.8 Å². The van der Waals surface area contributed by atoms with Crippen molar-refractivity contribution in [2.45, 2.75) is 92.2 Å². The van der Waals surface area contributed by atoms with Crippen LogP contribution in [0.25, 0.3) is 5.57 Å². The number of nitrogens with one attached hydrogen (secondary N) is 3. The SMILES string of the molecule is CC1=CC=C2C(CC(=O)Nc3ccc(OCCCCOCCCNc4cccc5c4CN(C4CCC(=O)NC4=O)C5=O)c(C)c3)C=C(c3ccc(C)cc3)C3=C(CC(C)=C3C)C12. The van der Waals surface area contributed by atoms with Gasteiger partial charge in [0.15, 0.2) is 0 Å². The third-order valence-electron chi connectivity index (χ3n) is 13.1. The second-order valence-corrected chi connectivity index (χ2v) is 17.5. The first kappa shape index (κ1) is 42.7. The van der Waals surface area contributed by atoms with Gasteiger partial charge in [-0.05, 0) is 130 Å². The third-order valence-corrected chi connectivity index (χ3v) is 13.1. The average molecular weight is 835 g/mol. The summed E-state index contributed by atoms with van der Waals surface area (Å²) < 4.78 is 12.0. The first-order valence-electron chi connectivity index (χ1n) is 22.2. The Balaban J connectivity index is 0.769. The summed E-state index contributed by atoms with van der Waals surface area (Å²) in [6.07, 6.45) is 11.3. The molecule has 322 valence electrons. The van der Waals surface area contributed by atoms with Crippen molar-refractivity contribution >= 4 is 40.6 Å². The van der Waals surface area contributed by atoms with Crippen molar-refractivity contribution in [3.05, 3.63) is 140 Å². The van der Waals surface area contributed by atoms with Gasteiger partial charge in [0, 0.05) is 73.5 Å². The largest absolute Gasteiger partial charge is 0.493 e. The summed E-state index contributed by atoms with van der Waals surface area (Å²) in [5.41, 5.74) is 16.0. The standard InChI is InChI=1S/C52H58N4O6/c1-31-12-15-36(16-13-31)41-28-37(39-18-14-32(2)49(39)42-27-33(3)35(5)50(41)42)29-48(58)54-38-17-20-46(34(4)26-38)62-25-7-6-23-61-24-9-22-53-44-11-8-10-40-43(44)30-56(52(40)60)45-19-21-47(57)55-51(45)59/h8,10-18,20,26,28,37,45,49,53H,6-7,9,19,21-25,27,29-30H2,1-5H3,(H,54,58)(H,55,57,59). The number of amides is 4. The molecule has 3 atom stereocenters. The number of benzene rings is 3. The Morgan fingerprint density at radius 1 is 0.903 bits per heavy atom. The van der Waals surface area contributed by atoms with E-state index in [2.05, 4.69) is 86.1 Å². The minimum atomic E-state index is -0.630. The highest BCUT2D eigenvalue weighted by molar-refractivity contribution is 6.06. The minimum absolute atomic E-state index is 0.00787. The van der Waals surface area contributed by atoms with Crippen molar-refractivity contribution in [1.29, 1.82) is 0 Å². The van der Waals surface area contributed by atoms with E-state index in [9.17, 15) is 19.2 Å². The highest BCUT2D eigenvalue weighted by Gasteiger charge is 2.40. The second-order valence-electron chi connectivity index (χ2n) is 17.5. The number of hydrogen-bond acceptors (Lipinski definition) is 7. The molecule has 2 aliphatic heterocycles. The molecule has 10 heteroatoms. The molecular formula is C52H58N4O6. The lowest BCUT2D eigenvalue weighted by molar-refractivity contribution is -0.137. The van der Waals surface area contributed by atoms with Crippen LogP contribution in [0.15, 0.2) is 112 Å². The number of allylic oxidation sites excluding steroid dienone is 10. The van der Waals surface area contributed by atoms with Gasteiger partial charge in [-0.25, -0.2) is 0 Å². The normalized spacial score (nSPS) is 20.6. The lowest BCUT2D eigenvalue weighted by atomic mass is 9.80. The molecule has 0 saturated carbocycles. The number of unbranched alkanes of at least 4 members (excludes halogenated alkanes) is 1. The number of carbonyl (C=O) groups excluding carboxylic acids is 4. The van der Waals surface area contributed by atoms with Crippen LogP contribution in [0.5, 0.6) is 5.75 Å². The van der Waals surface area contributed by atoms with Crippen molar-refractivity contribution in [2.24, 2.45) is 11.8 Å². The van der Waals surface area contributed by atoms with Gasteiger partial charge in [-0.2, -0.15) is 0 Å². The lowest BCUT2D eigenvalue weighted by Gasteiger charge is -2.29. The maximum absolute atomic E-state index is 13.8. The Morgan fingerprint density at radius 2 is 1.69 bits per heavy atom. The van der Waals surface area contributed by atoms with E-state index in [1.54, 1.807) is 11.0 Å². The number of hydrogen-bond donors (Lipinski definition) is 3. The molecule has 4 amide bonds. The van der Waals surface area contributed by atoms with Crippen molar-refractivity contribution in [2.75, 3.05) is 37.0 Å². The second kappa shape index (κ2) is 18.5. The van der Waals surface area contributed by atoms with E-state index in [1.165, 1.54) is 50.1 Å². The maximum Gasteiger partial charge on any atom is 0.255 e. The van der Waals surface area contributed by atoms with Crippen LogP contribution in [-0.2, 0) is 25.7 Å². The van der Waals surface area contributed by atoms with Crippen LogP contribution in [0.4, 0.5) is 11.4 Å². The predicted octanol–water partition coefficient (Wildman–Crippen LogP) is 9.32. The molecule has 1 fully saturated rings. The Bertz CT molecular complexity index is 2450. The fraction of sp³-hybridized carbons (Fsp3) is 0.385. The lowest BCUT2D eigenvalue weighted by Crippen LogP contribution is -2.52. The number of ether oxygens (including phenoxy) is 2. The summed E-state index contributed by atoms with van der Waals surface area (Å²) in [4.78, 5) is 52.5. The van der Waals surface area contributed by atoms with Crippen LogP contribution in [0, 0.1) is 25.7 Å². The van der Waals surface area contributed by atoms with Crippen LogP contribution in [0.1, 0.15) is 98.3 Å². The summed E-state index contributed by atoms with van der Waals surface area (Å²) in [6, 6.07) is 19.6. The summed E-state index contributed by atoms with van der Waals surface area (Å²) in [6.45, 7) is 13.7. The highest BCUT2D eigenvalue weighted by atomic mass is 16.5. The Hall–Kier alpha value is -6.00. The summed E-state index contributed by atoms with van der Waals surface area (Å²) in [5.74, 6) is 0.114. The number of imide groups is 1. The summed E-state index contributed by atoms with van der Waals surface area (Å²) in [5, 5.41) is 8.98.